The molecule has 100 valence electrons. The average Bonchev–Trinajstić information content (AvgIpc) is 2.33. The Morgan fingerprint density at radius 2 is 2.33 bits per heavy atom. The Morgan fingerprint density at radius 1 is 1.56 bits per heavy atom. The van der Waals surface area contributed by atoms with Gasteiger partial charge in [-0.1, -0.05) is 17.7 Å². The van der Waals surface area contributed by atoms with Crippen LogP contribution in [0.15, 0.2) is 18.2 Å². The third-order valence-electron chi connectivity index (χ3n) is 3.63. The van der Waals surface area contributed by atoms with E-state index in [1.807, 2.05) is 6.92 Å². The van der Waals surface area contributed by atoms with Gasteiger partial charge in [-0.3, -0.25) is 4.90 Å². The first kappa shape index (κ1) is 13.8. The first-order valence-corrected chi connectivity index (χ1v) is 6.78. The molecule has 1 aliphatic rings. The largest absolute Gasteiger partial charge is 0.393 e. The van der Waals surface area contributed by atoms with Crippen LogP contribution >= 0.6 is 11.6 Å². The fourth-order valence-corrected chi connectivity index (χ4v) is 2.68. The van der Waals surface area contributed by atoms with Gasteiger partial charge in [-0.25, -0.2) is 4.39 Å². The Labute approximate surface area is 112 Å². The molecule has 0 radical (unpaired) electrons. The highest BCUT2D eigenvalue weighted by Gasteiger charge is 2.23. The van der Waals surface area contributed by atoms with Crippen LogP contribution in [0, 0.1) is 11.7 Å². The topological polar surface area (TPSA) is 23.5 Å². The molecule has 1 N–H and O–H groups in total. The van der Waals surface area contributed by atoms with E-state index in [-0.39, 0.29) is 11.9 Å². The van der Waals surface area contributed by atoms with Crippen LogP contribution in [0.2, 0.25) is 5.02 Å². The lowest BCUT2D eigenvalue weighted by molar-refractivity contribution is 0.0595. The Hall–Kier alpha value is -0.640. The summed E-state index contributed by atoms with van der Waals surface area (Å²) in [5.74, 6) is 0.0516. The van der Waals surface area contributed by atoms with E-state index >= 15 is 0 Å². The number of hydrogen-bond donors (Lipinski definition) is 1. The van der Waals surface area contributed by atoms with E-state index in [0.29, 0.717) is 23.0 Å². The molecule has 0 aliphatic carbocycles. The minimum absolute atomic E-state index is 0.248. The molecule has 18 heavy (non-hydrogen) atoms. The number of nitrogens with zero attached hydrogens (tertiary/aromatic N) is 1. The SMILES string of the molecule is C[C@@H](O)[C@H]1CCCN(Cc2ccc(Cl)cc2F)C1. The summed E-state index contributed by atoms with van der Waals surface area (Å²) in [5.41, 5.74) is 0.672. The molecule has 1 heterocycles. The second-order valence-corrected chi connectivity index (χ2v) is 5.55. The van der Waals surface area contributed by atoms with E-state index in [4.69, 9.17) is 11.6 Å². The predicted octanol–water partition coefficient (Wildman–Crippen LogP) is 3.07. The van der Waals surface area contributed by atoms with Crippen molar-refractivity contribution in [1.29, 1.82) is 0 Å². The van der Waals surface area contributed by atoms with Gasteiger partial charge >= 0.3 is 0 Å². The van der Waals surface area contributed by atoms with Crippen molar-refractivity contribution in [2.45, 2.75) is 32.4 Å². The Kier molecular flexibility index (Phi) is 4.60. The Bertz CT molecular complexity index is 411. The highest BCUT2D eigenvalue weighted by molar-refractivity contribution is 6.30. The number of aliphatic hydroxyl groups is 1. The first-order valence-electron chi connectivity index (χ1n) is 6.40. The molecule has 1 saturated heterocycles. The molecule has 1 fully saturated rings. The minimum atomic E-state index is -0.289. The van der Waals surface area contributed by atoms with Gasteiger partial charge in [0.05, 0.1) is 6.10 Å². The van der Waals surface area contributed by atoms with Gasteiger partial charge in [0.15, 0.2) is 0 Å². The monoisotopic (exact) mass is 271 g/mol. The number of benzene rings is 1. The van der Waals surface area contributed by atoms with E-state index in [9.17, 15) is 9.50 Å². The molecular weight excluding hydrogens is 253 g/mol. The van der Waals surface area contributed by atoms with Crippen molar-refractivity contribution in [3.63, 3.8) is 0 Å². The molecule has 2 atom stereocenters. The van der Waals surface area contributed by atoms with Crippen LogP contribution in [0.3, 0.4) is 0 Å². The summed E-state index contributed by atoms with van der Waals surface area (Å²) >= 11 is 5.74. The zero-order chi connectivity index (χ0) is 13.1. The van der Waals surface area contributed by atoms with Crippen molar-refractivity contribution in [2.24, 2.45) is 5.92 Å². The molecule has 2 nitrogen and oxygen atoms in total. The van der Waals surface area contributed by atoms with Crippen molar-refractivity contribution in [3.8, 4) is 0 Å². The molecule has 2 rings (SSSR count). The van der Waals surface area contributed by atoms with Crippen LogP contribution in [-0.2, 0) is 6.54 Å². The Morgan fingerprint density at radius 3 is 3.00 bits per heavy atom. The normalized spacial score (nSPS) is 23.0. The van der Waals surface area contributed by atoms with Crippen LogP contribution in [-0.4, -0.2) is 29.2 Å². The highest BCUT2D eigenvalue weighted by Crippen LogP contribution is 2.23. The fraction of sp³-hybridized carbons (Fsp3) is 0.571. The maximum atomic E-state index is 13.7. The third kappa shape index (κ3) is 3.44. The summed E-state index contributed by atoms with van der Waals surface area (Å²) in [6, 6.07) is 4.81. The van der Waals surface area contributed by atoms with E-state index in [1.165, 1.54) is 6.07 Å². The molecule has 1 aromatic rings. The van der Waals surface area contributed by atoms with Gasteiger partial charge in [0.25, 0.3) is 0 Å². The summed E-state index contributed by atoms with van der Waals surface area (Å²) in [6.45, 7) is 4.22. The fourth-order valence-electron chi connectivity index (χ4n) is 2.52. The molecule has 0 aromatic heterocycles. The lowest BCUT2D eigenvalue weighted by Crippen LogP contribution is -2.39. The third-order valence-corrected chi connectivity index (χ3v) is 3.87. The number of hydrogen-bond acceptors (Lipinski definition) is 2. The van der Waals surface area contributed by atoms with E-state index < -0.39 is 0 Å². The van der Waals surface area contributed by atoms with Crippen molar-refractivity contribution in [3.05, 3.63) is 34.6 Å². The standard InChI is InChI=1S/C14H19ClFNO/c1-10(18)11-3-2-6-17(8-11)9-12-4-5-13(15)7-14(12)16/h4-5,7,10-11,18H,2-3,6,8-9H2,1H3/t10-,11+/m1/s1. The summed E-state index contributed by atoms with van der Waals surface area (Å²) in [6.07, 6.45) is 1.82. The van der Waals surface area contributed by atoms with Gasteiger partial charge in [0.1, 0.15) is 5.82 Å². The second-order valence-electron chi connectivity index (χ2n) is 5.11. The van der Waals surface area contributed by atoms with Gasteiger partial charge in [-0.2, -0.15) is 0 Å². The molecule has 0 amide bonds. The zero-order valence-electron chi connectivity index (χ0n) is 10.6. The minimum Gasteiger partial charge on any atom is -0.393 e. The summed E-state index contributed by atoms with van der Waals surface area (Å²) in [7, 11) is 0. The molecule has 0 unspecified atom stereocenters. The highest BCUT2D eigenvalue weighted by atomic mass is 35.5. The van der Waals surface area contributed by atoms with Crippen molar-refractivity contribution in [2.75, 3.05) is 13.1 Å². The molecular formula is C14H19ClFNO. The van der Waals surface area contributed by atoms with Crippen LogP contribution in [0.4, 0.5) is 4.39 Å². The number of halogens is 2. The van der Waals surface area contributed by atoms with Gasteiger partial charge in [0.2, 0.25) is 0 Å². The lowest BCUT2D eigenvalue weighted by atomic mass is 9.93. The van der Waals surface area contributed by atoms with E-state index in [0.717, 1.165) is 25.9 Å². The van der Waals surface area contributed by atoms with Gasteiger partial charge < -0.3 is 5.11 Å². The maximum Gasteiger partial charge on any atom is 0.129 e. The van der Waals surface area contributed by atoms with Crippen molar-refractivity contribution >= 4 is 11.6 Å². The smallest absolute Gasteiger partial charge is 0.129 e. The van der Waals surface area contributed by atoms with Gasteiger partial charge in [-0.05, 0) is 44.4 Å². The number of piperidine rings is 1. The molecule has 0 spiro atoms. The van der Waals surface area contributed by atoms with Crippen LogP contribution < -0.4 is 0 Å². The summed E-state index contributed by atoms with van der Waals surface area (Å²) in [4.78, 5) is 2.20. The van der Waals surface area contributed by atoms with E-state index in [2.05, 4.69) is 4.90 Å². The van der Waals surface area contributed by atoms with Gasteiger partial charge in [-0.15, -0.1) is 0 Å². The molecule has 0 bridgehead atoms. The predicted molar refractivity (Wildman–Crippen MR) is 71.1 cm³/mol. The molecule has 4 heteroatoms. The zero-order valence-corrected chi connectivity index (χ0v) is 11.3. The Balaban J connectivity index is 2.00. The number of likely N-dealkylation sites (tertiary alicyclic amines) is 1. The van der Waals surface area contributed by atoms with Crippen molar-refractivity contribution < 1.29 is 9.50 Å². The molecule has 1 aromatic carbocycles. The maximum absolute atomic E-state index is 13.7. The lowest BCUT2D eigenvalue weighted by Gasteiger charge is -2.34. The van der Waals surface area contributed by atoms with Crippen molar-refractivity contribution in [1.82, 2.24) is 4.90 Å². The van der Waals surface area contributed by atoms with E-state index in [1.54, 1.807) is 12.1 Å². The quantitative estimate of drug-likeness (QED) is 0.913. The average molecular weight is 272 g/mol. The van der Waals surface area contributed by atoms with Crippen LogP contribution in [0.1, 0.15) is 25.3 Å². The number of aliphatic hydroxyl groups excluding tert-OH is 1. The molecule has 1 aliphatic heterocycles. The van der Waals surface area contributed by atoms with Gasteiger partial charge in [0, 0.05) is 23.7 Å². The second kappa shape index (κ2) is 6.00. The number of rotatable bonds is 3. The molecule has 0 saturated carbocycles. The van der Waals surface area contributed by atoms with Crippen LogP contribution in [0.25, 0.3) is 0 Å². The summed E-state index contributed by atoms with van der Waals surface area (Å²) in [5, 5.41) is 10.1. The summed E-state index contributed by atoms with van der Waals surface area (Å²) < 4.78 is 13.7. The van der Waals surface area contributed by atoms with Crippen LogP contribution in [0.5, 0.6) is 0 Å². The first-order chi connectivity index (χ1) is 8.56.